The van der Waals surface area contributed by atoms with Crippen molar-refractivity contribution in [1.82, 2.24) is 15.0 Å². The van der Waals surface area contributed by atoms with Crippen molar-refractivity contribution in [2.24, 2.45) is 0 Å². The van der Waals surface area contributed by atoms with Gasteiger partial charge in [0.05, 0.1) is 23.0 Å². The van der Waals surface area contributed by atoms with Crippen molar-refractivity contribution in [1.29, 1.82) is 0 Å². The molecule has 6 heteroatoms. The second kappa shape index (κ2) is 3.16. The van der Waals surface area contributed by atoms with Crippen LogP contribution in [0.25, 0.3) is 11.0 Å². The predicted molar refractivity (Wildman–Crippen MR) is 51.9 cm³/mol. The quantitative estimate of drug-likeness (QED) is 0.699. The molecule has 2 aromatic rings. The highest BCUT2D eigenvalue weighted by atomic mass is 16.4. The summed E-state index contributed by atoms with van der Waals surface area (Å²) < 4.78 is 0. The number of carboxylic acids is 1. The molecule has 2 heterocycles. The van der Waals surface area contributed by atoms with E-state index >= 15 is 0 Å². The second-order valence-electron chi connectivity index (χ2n) is 3.03. The maximum absolute atomic E-state index is 11.3. The first-order valence-electron chi connectivity index (χ1n) is 4.18. The lowest BCUT2D eigenvalue weighted by Crippen LogP contribution is -2.10. The van der Waals surface area contributed by atoms with Crippen LogP contribution in [0.3, 0.4) is 0 Å². The summed E-state index contributed by atoms with van der Waals surface area (Å²) in [7, 11) is 0. The van der Waals surface area contributed by atoms with Gasteiger partial charge in [0.25, 0.3) is 5.56 Å². The number of rotatable bonds is 1. The minimum absolute atomic E-state index is 0.0148. The highest BCUT2D eigenvalue weighted by Gasteiger charge is 2.11. The first-order valence-corrected chi connectivity index (χ1v) is 4.18. The van der Waals surface area contributed by atoms with Crippen LogP contribution in [0.5, 0.6) is 0 Å². The Balaban J connectivity index is 2.90. The van der Waals surface area contributed by atoms with E-state index in [1.807, 2.05) is 0 Å². The number of aromatic carboxylic acids is 1. The number of aromatic nitrogens is 3. The standard InChI is InChI=1S/C9H7N3O3/c1-4-5(9(14)15)2-6-7(12-4)10-3-11-8(6)13/h2-3H,1H3,(H,14,15)(H,10,11,12,13). The van der Waals surface area contributed by atoms with E-state index in [0.29, 0.717) is 5.69 Å². The van der Waals surface area contributed by atoms with Gasteiger partial charge in [-0.3, -0.25) is 4.79 Å². The molecule has 0 saturated heterocycles. The second-order valence-corrected chi connectivity index (χ2v) is 3.03. The molecule has 2 aromatic heterocycles. The fourth-order valence-electron chi connectivity index (χ4n) is 1.30. The van der Waals surface area contributed by atoms with E-state index in [9.17, 15) is 9.59 Å². The van der Waals surface area contributed by atoms with Gasteiger partial charge in [-0.1, -0.05) is 0 Å². The van der Waals surface area contributed by atoms with E-state index in [1.165, 1.54) is 12.4 Å². The topological polar surface area (TPSA) is 95.9 Å². The molecule has 0 aliphatic heterocycles. The van der Waals surface area contributed by atoms with Crippen LogP contribution >= 0.6 is 0 Å². The minimum atomic E-state index is -1.11. The summed E-state index contributed by atoms with van der Waals surface area (Å²) in [6, 6.07) is 1.28. The summed E-state index contributed by atoms with van der Waals surface area (Å²) >= 11 is 0. The van der Waals surface area contributed by atoms with Gasteiger partial charge in [0.2, 0.25) is 0 Å². The van der Waals surface area contributed by atoms with E-state index in [2.05, 4.69) is 15.0 Å². The van der Waals surface area contributed by atoms with Gasteiger partial charge in [0, 0.05) is 0 Å². The largest absolute Gasteiger partial charge is 0.478 e. The average molecular weight is 205 g/mol. The van der Waals surface area contributed by atoms with Gasteiger partial charge in [0.15, 0.2) is 5.65 Å². The number of carbonyl (C=O) groups is 1. The molecule has 0 bridgehead atoms. The Morgan fingerprint density at radius 3 is 2.93 bits per heavy atom. The number of fused-ring (bicyclic) bond motifs is 1. The molecular formula is C9H7N3O3. The maximum atomic E-state index is 11.3. The fourth-order valence-corrected chi connectivity index (χ4v) is 1.30. The molecule has 0 radical (unpaired) electrons. The van der Waals surface area contributed by atoms with Crippen molar-refractivity contribution in [3.8, 4) is 0 Å². The number of hydrogen-bond donors (Lipinski definition) is 2. The summed E-state index contributed by atoms with van der Waals surface area (Å²) in [5.41, 5.74) is 0.213. The van der Waals surface area contributed by atoms with Crippen LogP contribution in [0.2, 0.25) is 0 Å². The molecule has 0 fully saturated rings. The number of aromatic amines is 1. The van der Waals surface area contributed by atoms with E-state index in [1.54, 1.807) is 6.92 Å². The number of aryl methyl sites for hydroxylation is 1. The molecule has 0 aliphatic rings. The molecule has 0 unspecified atom stereocenters. The van der Waals surface area contributed by atoms with E-state index in [4.69, 9.17) is 5.11 Å². The van der Waals surface area contributed by atoms with Gasteiger partial charge in [-0.15, -0.1) is 0 Å². The number of nitrogens with zero attached hydrogens (tertiary/aromatic N) is 2. The molecule has 2 N–H and O–H groups in total. The smallest absolute Gasteiger partial charge is 0.337 e. The van der Waals surface area contributed by atoms with E-state index in [-0.39, 0.29) is 16.6 Å². The van der Waals surface area contributed by atoms with Crippen LogP contribution in [0, 0.1) is 6.92 Å². The van der Waals surface area contributed by atoms with Gasteiger partial charge in [0.1, 0.15) is 0 Å². The lowest BCUT2D eigenvalue weighted by atomic mass is 10.1. The van der Waals surface area contributed by atoms with Crippen LogP contribution in [-0.4, -0.2) is 26.0 Å². The fraction of sp³-hybridized carbons (Fsp3) is 0.111. The first-order chi connectivity index (χ1) is 7.09. The Morgan fingerprint density at radius 1 is 1.53 bits per heavy atom. The van der Waals surface area contributed by atoms with Crippen LogP contribution in [0.15, 0.2) is 17.2 Å². The molecule has 15 heavy (non-hydrogen) atoms. The van der Waals surface area contributed by atoms with Gasteiger partial charge < -0.3 is 10.1 Å². The summed E-state index contributed by atoms with van der Waals surface area (Å²) in [5.74, 6) is -1.11. The molecule has 0 atom stereocenters. The molecule has 0 aliphatic carbocycles. The Morgan fingerprint density at radius 2 is 2.27 bits per heavy atom. The molecule has 0 amide bonds. The number of pyridine rings is 1. The zero-order valence-electron chi connectivity index (χ0n) is 7.81. The van der Waals surface area contributed by atoms with Crippen molar-refractivity contribution in [3.05, 3.63) is 34.0 Å². The predicted octanol–water partition coefficient (Wildman–Crippen LogP) is 0.325. The van der Waals surface area contributed by atoms with Crippen molar-refractivity contribution in [2.75, 3.05) is 0 Å². The SMILES string of the molecule is Cc1nc2nc[nH]c(=O)c2cc1C(=O)O. The van der Waals surface area contributed by atoms with Crippen LogP contribution in [-0.2, 0) is 0 Å². The molecule has 0 spiro atoms. The van der Waals surface area contributed by atoms with Crippen molar-refractivity contribution < 1.29 is 9.90 Å². The normalized spacial score (nSPS) is 10.5. The van der Waals surface area contributed by atoms with Gasteiger partial charge in [-0.05, 0) is 13.0 Å². The Hall–Kier alpha value is -2.24. The Bertz CT molecular complexity index is 603. The van der Waals surface area contributed by atoms with Crippen molar-refractivity contribution in [3.63, 3.8) is 0 Å². The zero-order valence-corrected chi connectivity index (χ0v) is 7.81. The van der Waals surface area contributed by atoms with Crippen LogP contribution in [0.4, 0.5) is 0 Å². The minimum Gasteiger partial charge on any atom is -0.478 e. The third kappa shape index (κ3) is 1.45. The van der Waals surface area contributed by atoms with Crippen LogP contribution in [0.1, 0.15) is 16.1 Å². The highest BCUT2D eigenvalue weighted by Crippen LogP contribution is 2.10. The third-order valence-electron chi connectivity index (χ3n) is 2.05. The lowest BCUT2D eigenvalue weighted by Gasteiger charge is -2.01. The monoisotopic (exact) mass is 205 g/mol. The van der Waals surface area contributed by atoms with Crippen molar-refractivity contribution >= 4 is 17.0 Å². The average Bonchev–Trinajstić information content (AvgIpc) is 2.16. The molecular weight excluding hydrogens is 198 g/mol. The van der Waals surface area contributed by atoms with Crippen molar-refractivity contribution in [2.45, 2.75) is 6.92 Å². The Kier molecular flexibility index (Phi) is 1.96. The molecule has 0 saturated carbocycles. The number of hydrogen-bond acceptors (Lipinski definition) is 4. The van der Waals surface area contributed by atoms with Gasteiger partial charge >= 0.3 is 5.97 Å². The van der Waals surface area contributed by atoms with Gasteiger partial charge in [-0.2, -0.15) is 0 Å². The lowest BCUT2D eigenvalue weighted by molar-refractivity contribution is 0.0696. The van der Waals surface area contributed by atoms with E-state index < -0.39 is 11.5 Å². The summed E-state index contributed by atoms with van der Waals surface area (Å²) in [4.78, 5) is 32.3. The summed E-state index contributed by atoms with van der Waals surface area (Å²) in [6.45, 7) is 1.56. The zero-order chi connectivity index (χ0) is 11.0. The van der Waals surface area contributed by atoms with Gasteiger partial charge in [-0.25, -0.2) is 14.8 Å². The molecule has 76 valence electrons. The van der Waals surface area contributed by atoms with Crippen LogP contribution < -0.4 is 5.56 Å². The molecule has 6 nitrogen and oxygen atoms in total. The molecule has 0 aromatic carbocycles. The molecule has 2 rings (SSSR count). The number of carboxylic acid groups (broad SMARTS) is 1. The summed E-state index contributed by atoms with van der Waals surface area (Å²) in [6.07, 6.45) is 1.23. The van der Waals surface area contributed by atoms with E-state index in [0.717, 1.165) is 0 Å². The summed E-state index contributed by atoms with van der Waals surface area (Å²) in [5, 5.41) is 9.02. The highest BCUT2D eigenvalue weighted by molar-refractivity contribution is 5.92. The maximum Gasteiger partial charge on any atom is 0.337 e. The number of H-pyrrole nitrogens is 1. The number of nitrogens with one attached hydrogen (secondary N) is 1. The third-order valence-corrected chi connectivity index (χ3v) is 2.05. The first kappa shape index (κ1) is 9.32. The Labute approximate surface area is 83.6 Å².